The molecule has 0 saturated heterocycles. The van der Waals surface area contributed by atoms with Crippen molar-refractivity contribution in [2.75, 3.05) is 0 Å². The van der Waals surface area contributed by atoms with Crippen molar-refractivity contribution in [3.8, 4) is 0 Å². The normalized spacial score (nSPS) is 12.9. The zero-order valence-corrected chi connectivity index (χ0v) is 17.0. The monoisotopic (exact) mass is 377 g/mol. The molecule has 7 heteroatoms. The van der Waals surface area contributed by atoms with Crippen LogP contribution in [-0.4, -0.2) is 21.9 Å². The third kappa shape index (κ3) is 6.37. The Kier molecular flexibility index (Phi) is 6.69. The van der Waals surface area contributed by atoms with Gasteiger partial charge in [-0.1, -0.05) is 55.4 Å². The smallest absolute Gasteiger partial charge is 0.408 e. The summed E-state index contributed by atoms with van der Waals surface area (Å²) in [7, 11) is 0. The maximum atomic E-state index is 12.1. The van der Waals surface area contributed by atoms with Gasteiger partial charge in [0.25, 0.3) is 5.22 Å². The van der Waals surface area contributed by atoms with Gasteiger partial charge in [0.1, 0.15) is 11.6 Å². The molecule has 0 spiro atoms. The van der Waals surface area contributed by atoms with Crippen molar-refractivity contribution >= 4 is 17.9 Å². The maximum absolute atomic E-state index is 12.1. The minimum absolute atomic E-state index is 0.0811. The molecule has 0 aliphatic rings. The highest BCUT2D eigenvalue weighted by Crippen LogP contribution is 2.27. The summed E-state index contributed by atoms with van der Waals surface area (Å²) in [6.07, 6.45) is -0.497. The first-order chi connectivity index (χ1) is 12.1. The predicted molar refractivity (Wildman–Crippen MR) is 102 cm³/mol. The zero-order chi connectivity index (χ0) is 19.3. The Morgan fingerprint density at radius 3 is 2.65 bits per heavy atom. The van der Waals surface area contributed by atoms with E-state index in [4.69, 9.17) is 9.15 Å². The van der Waals surface area contributed by atoms with Crippen LogP contribution in [0.3, 0.4) is 0 Å². The second kappa shape index (κ2) is 8.58. The van der Waals surface area contributed by atoms with Crippen molar-refractivity contribution in [3.63, 3.8) is 0 Å². The molecule has 0 radical (unpaired) electrons. The average Bonchev–Trinajstić information content (AvgIpc) is 2.97. The SMILES string of the molecule is Cc1cccc(CSc2nnc([C@H](NC(=O)OC(C)(C)C)C(C)C)o2)c1. The molecule has 142 valence electrons. The van der Waals surface area contributed by atoms with E-state index in [2.05, 4.69) is 40.6 Å². The summed E-state index contributed by atoms with van der Waals surface area (Å²) >= 11 is 1.48. The van der Waals surface area contributed by atoms with Crippen molar-refractivity contribution in [1.82, 2.24) is 15.5 Å². The fourth-order valence-electron chi connectivity index (χ4n) is 2.30. The van der Waals surface area contributed by atoms with E-state index in [1.807, 2.05) is 40.7 Å². The number of aryl methyl sites for hydroxylation is 1. The van der Waals surface area contributed by atoms with Gasteiger partial charge >= 0.3 is 6.09 Å². The van der Waals surface area contributed by atoms with E-state index in [1.54, 1.807) is 0 Å². The second-order valence-electron chi connectivity index (χ2n) is 7.55. The van der Waals surface area contributed by atoms with E-state index in [0.29, 0.717) is 11.1 Å². The highest BCUT2D eigenvalue weighted by atomic mass is 32.2. The highest BCUT2D eigenvalue weighted by molar-refractivity contribution is 7.98. The number of carbonyl (C=O) groups is 1. The first kappa shape index (κ1) is 20.3. The number of hydrogen-bond donors (Lipinski definition) is 1. The van der Waals surface area contributed by atoms with Crippen LogP contribution in [0.2, 0.25) is 0 Å². The van der Waals surface area contributed by atoms with Crippen LogP contribution in [0.25, 0.3) is 0 Å². The van der Waals surface area contributed by atoms with Gasteiger partial charge in [0.05, 0.1) is 0 Å². The lowest BCUT2D eigenvalue weighted by molar-refractivity contribution is 0.0477. The van der Waals surface area contributed by atoms with Crippen molar-refractivity contribution < 1.29 is 13.9 Å². The molecule has 2 rings (SSSR count). The minimum Gasteiger partial charge on any atom is -0.444 e. The summed E-state index contributed by atoms with van der Waals surface area (Å²) < 4.78 is 11.1. The average molecular weight is 378 g/mol. The van der Waals surface area contributed by atoms with E-state index < -0.39 is 17.7 Å². The van der Waals surface area contributed by atoms with Gasteiger partial charge in [-0.05, 0) is 39.2 Å². The zero-order valence-electron chi connectivity index (χ0n) is 16.2. The van der Waals surface area contributed by atoms with Crippen LogP contribution in [0.5, 0.6) is 0 Å². The van der Waals surface area contributed by atoms with Gasteiger partial charge in [0, 0.05) is 5.75 Å². The van der Waals surface area contributed by atoms with E-state index in [9.17, 15) is 4.79 Å². The third-order valence-electron chi connectivity index (χ3n) is 3.47. The Labute approximate surface area is 159 Å². The van der Waals surface area contributed by atoms with Crippen LogP contribution >= 0.6 is 11.8 Å². The maximum Gasteiger partial charge on any atom is 0.408 e. The molecule has 0 aliphatic carbocycles. The fraction of sp³-hybridized carbons (Fsp3) is 0.526. The van der Waals surface area contributed by atoms with E-state index >= 15 is 0 Å². The second-order valence-corrected chi connectivity index (χ2v) is 8.48. The summed E-state index contributed by atoms with van der Waals surface area (Å²) in [6.45, 7) is 11.5. The molecule has 1 atom stereocenters. The molecule has 1 N–H and O–H groups in total. The number of benzene rings is 1. The molecule has 1 heterocycles. The van der Waals surface area contributed by atoms with Crippen LogP contribution in [0.15, 0.2) is 33.9 Å². The van der Waals surface area contributed by atoms with Gasteiger partial charge in [-0.3, -0.25) is 0 Å². The Morgan fingerprint density at radius 1 is 1.31 bits per heavy atom. The molecule has 0 bridgehead atoms. The fourth-order valence-corrected chi connectivity index (χ4v) is 3.01. The van der Waals surface area contributed by atoms with Gasteiger partial charge in [-0.25, -0.2) is 4.79 Å². The lowest BCUT2D eigenvalue weighted by Gasteiger charge is -2.23. The van der Waals surface area contributed by atoms with E-state index in [-0.39, 0.29) is 5.92 Å². The Hall–Kier alpha value is -2.02. The summed E-state index contributed by atoms with van der Waals surface area (Å²) in [5, 5.41) is 11.5. The number of alkyl carbamates (subject to hydrolysis) is 1. The highest BCUT2D eigenvalue weighted by Gasteiger charge is 2.27. The largest absolute Gasteiger partial charge is 0.444 e. The van der Waals surface area contributed by atoms with Gasteiger partial charge in [0.2, 0.25) is 5.89 Å². The first-order valence-electron chi connectivity index (χ1n) is 8.65. The van der Waals surface area contributed by atoms with E-state index in [0.717, 1.165) is 5.75 Å². The van der Waals surface area contributed by atoms with Gasteiger partial charge in [-0.15, -0.1) is 10.2 Å². The quantitative estimate of drug-likeness (QED) is 0.722. The third-order valence-corrected chi connectivity index (χ3v) is 4.36. The molecule has 1 amide bonds. The van der Waals surface area contributed by atoms with Crippen molar-refractivity contribution in [3.05, 3.63) is 41.3 Å². The number of amides is 1. The standard InChI is InChI=1S/C19H27N3O3S/c1-12(2)15(20-17(23)25-19(4,5)6)16-21-22-18(24-16)26-11-14-9-7-8-13(3)10-14/h7-10,12,15H,11H2,1-6H3,(H,20,23)/t15-/m1/s1. The van der Waals surface area contributed by atoms with Gasteiger partial charge in [0.15, 0.2) is 0 Å². The molecule has 1 aromatic carbocycles. The summed E-state index contributed by atoms with van der Waals surface area (Å²) in [5.41, 5.74) is 1.85. The number of aromatic nitrogens is 2. The number of hydrogen-bond acceptors (Lipinski definition) is 6. The van der Waals surface area contributed by atoms with Crippen molar-refractivity contribution in [1.29, 1.82) is 0 Å². The Morgan fingerprint density at radius 2 is 2.04 bits per heavy atom. The molecule has 1 aromatic heterocycles. The molecule has 26 heavy (non-hydrogen) atoms. The Balaban J connectivity index is 2.01. The summed E-state index contributed by atoms with van der Waals surface area (Å²) in [6, 6.07) is 7.90. The molecule has 0 fully saturated rings. The van der Waals surface area contributed by atoms with Gasteiger partial charge < -0.3 is 14.5 Å². The van der Waals surface area contributed by atoms with Crippen LogP contribution in [0, 0.1) is 12.8 Å². The van der Waals surface area contributed by atoms with Crippen LogP contribution in [0.1, 0.15) is 57.7 Å². The number of thioether (sulfide) groups is 1. The molecule has 0 saturated carbocycles. The number of nitrogens with one attached hydrogen (secondary N) is 1. The lowest BCUT2D eigenvalue weighted by Crippen LogP contribution is -2.37. The summed E-state index contributed by atoms with van der Waals surface area (Å²) in [4.78, 5) is 12.1. The molecular weight excluding hydrogens is 350 g/mol. The molecule has 0 unspecified atom stereocenters. The van der Waals surface area contributed by atoms with Crippen molar-refractivity contribution in [2.24, 2.45) is 5.92 Å². The number of carbonyl (C=O) groups excluding carboxylic acids is 1. The Bertz CT molecular complexity index is 738. The van der Waals surface area contributed by atoms with Gasteiger partial charge in [-0.2, -0.15) is 0 Å². The predicted octanol–water partition coefficient (Wildman–Crippen LogP) is 4.89. The number of rotatable bonds is 6. The molecule has 2 aromatic rings. The van der Waals surface area contributed by atoms with Crippen LogP contribution in [-0.2, 0) is 10.5 Å². The van der Waals surface area contributed by atoms with E-state index in [1.165, 1.54) is 22.9 Å². The number of nitrogens with zero attached hydrogens (tertiary/aromatic N) is 2. The molecular formula is C19H27N3O3S. The number of ether oxygens (including phenoxy) is 1. The first-order valence-corrected chi connectivity index (χ1v) is 9.64. The van der Waals surface area contributed by atoms with Crippen LogP contribution < -0.4 is 5.32 Å². The lowest BCUT2D eigenvalue weighted by atomic mass is 10.1. The molecule has 0 aliphatic heterocycles. The van der Waals surface area contributed by atoms with Crippen molar-refractivity contribution in [2.45, 2.75) is 64.2 Å². The van der Waals surface area contributed by atoms with Crippen LogP contribution in [0.4, 0.5) is 4.79 Å². The summed E-state index contributed by atoms with van der Waals surface area (Å²) in [5.74, 6) is 1.21. The minimum atomic E-state index is -0.560. The molecule has 6 nitrogen and oxygen atoms in total. The topological polar surface area (TPSA) is 77.2 Å².